The maximum absolute atomic E-state index is 12.5. The molecule has 0 saturated carbocycles. The van der Waals surface area contributed by atoms with Crippen LogP contribution < -0.4 is 0 Å². The fourth-order valence-corrected chi connectivity index (χ4v) is 2.60. The van der Waals surface area contributed by atoms with Crippen LogP contribution in [0.5, 0.6) is 0 Å². The van der Waals surface area contributed by atoms with Crippen molar-refractivity contribution >= 4 is 5.91 Å². The van der Waals surface area contributed by atoms with Crippen molar-refractivity contribution in [3.63, 3.8) is 0 Å². The predicted molar refractivity (Wildman–Crippen MR) is 74.4 cm³/mol. The topological polar surface area (TPSA) is 85.3 Å². The van der Waals surface area contributed by atoms with Gasteiger partial charge in [-0.05, 0) is 26.9 Å². The monoisotopic (exact) mass is 281 g/mol. The van der Waals surface area contributed by atoms with Gasteiger partial charge >= 0.3 is 0 Å². The van der Waals surface area contributed by atoms with E-state index in [2.05, 4.69) is 15.2 Å². The van der Waals surface area contributed by atoms with Gasteiger partial charge in [0.15, 0.2) is 0 Å². The van der Waals surface area contributed by atoms with Gasteiger partial charge in [-0.15, -0.1) is 5.10 Å². The first-order valence-electron chi connectivity index (χ1n) is 7.06. The third-order valence-electron chi connectivity index (χ3n) is 3.44. The van der Waals surface area contributed by atoms with Crippen LogP contribution in [0.2, 0.25) is 0 Å². The van der Waals surface area contributed by atoms with Crippen molar-refractivity contribution < 1.29 is 9.90 Å². The summed E-state index contributed by atoms with van der Waals surface area (Å²) < 4.78 is 0. The zero-order valence-corrected chi connectivity index (χ0v) is 12.3. The molecule has 0 bridgehead atoms. The van der Waals surface area contributed by atoms with Crippen LogP contribution in [0.15, 0.2) is 0 Å². The summed E-state index contributed by atoms with van der Waals surface area (Å²) in [6.07, 6.45) is 1.88. The standard InChI is InChI=1S/C13H23N5O2/c1-4-5-11-14-12(16-15-11)13(20)18-8-10(19)6-9(18)7-17(2)3/h9-10,19H,4-8H2,1-3H3,(H,14,15,16). The Labute approximate surface area is 119 Å². The van der Waals surface area contributed by atoms with Crippen molar-refractivity contribution in [3.05, 3.63) is 11.6 Å². The highest BCUT2D eigenvalue weighted by molar-refractivity contribution is 5.90. The van der Waals surface area contributed by atoms with Crippen molar-refractivity contribution in [1.29, 1.82) is 0 Å². The zero-order valence-electron chi connectivity index (χ0n) is 12.3. The number of rotatable bonds is 5. The number of likely N-dealkylation sites (tertiary alicyclic amines) is 1. The van der Waals surface area contributed by atoms with E-state index in [9.17, 15) is 9.90 Å². The molecule has 2 unspecified atom stereocenters. The minimum absolute atomic E-state index is 0.0145. The number of aryl methyl sites for hydroxylation is 1. The minimum Gasteiger partial charge on any atom is -0.391 e. The van der Waals surface area contributed by atoms with Crippen LogP contribution in [0.3, 0.4) is 0 Å². The highest BCUT2D eigenvalue weighted by atomic mass is 16.3. The molecule has 2 N–H and O–H groups in total. The molecule has 1 aromatic heterocycles. The van der Waals surface area contributed by atoms with E-state index >= 15 is 0 Å². The smallest absolute Gasteiger partial charge is 0.293 e. The van der Waals surface area contributed by atoms with Gasteiger partial charge in [0.2, 0.25) is 5.82 Å². The molecule has 1 aliphatic heterocycles. The van der Waals surface area contributed by atoms with Gasteiger partial charge in [0.05, 0.1) is 6.10 Å². The van der Waals surface area contributed by atoms with Gasteiger partial charge in [-0.25, -0.2) is 4.98 Å². The van der Waals surface area contributed by atoms with E-state index in [-0.39, 0.29) is 17.8 Å². The summed E-state index contributed by atoms with van der Waals surface area (Å²) in [6.45, 7) is 3.14. The lowest BCUT2D eigenvalue weighted by molar-refractivity contribution is 0.0687. The Bertz CT molecular complexity index is 459. The van der Waals surface area contributed by atoms with E-state index in [0.29, 0.717) is 13.0 Å². The maximum atomic E-state index is 12.5. The molecule has 0 aliphatic carbocycles. The lowest BCUT2D eigenvalue weighted by atomic mass is 10.2. The number of aromatic nitrogens is 3. The molecule has 2 heterocycles. The number of carbonyl (C=O) groups is 1. The molecule has 112 valence electrons. The summed E-state index contributed by atoms with van der Waals surface area (Å²) >= 11 is 0. The number of nitrogens with one attached hydrogen (secondary N) is 1. The maximum Gasteiger partial charge on any atom is 0.293 e. The summed E-state index contributed by atoms with van der Waals surface area (Å²) in [5, 5.41) is 16.6. The number of β-amino-alcohol motifs (C(OH)–C–C–N with tert-alkyl or cyclic N) is 1. The van der Waals surface area contributed by atoms with E-state index in [0.717, 1.165) is 25.2 Å². The molecular formula is C13H23N5O2. The second-order valence-corrected chi connectivity index (χ2v) is 5.62. The lowest BCUT2D eigenvalue weighted by Crippen LogP contribution is -2.41. The molecule has 2 rings (SSSR count). The molecule has 0 spiro atoms. The molecular weight excluding hydrogens is 258 g/mol. The number of amides is 1. The first kappa shape index (κ1) is 14.9. The Morgan fingerprint density at radius 2 is 2.30 bits per heavy atom. The molecule has 1 aromatic rings. The lowest BCUT2D eigenvalue weighted by Gasteiger charge is -2.25. The van der Waals surface area contributed by atoms with Crippen LogP contribution in [0.25, 0.3) is 0 Å². The molecule has 0 aromatic carbocycles. The Morgan fingerprint density at radius 1 is 1.55 bits per heavy atom. The van der Waals surface area contributed by atoms with Crippen molar-refractivity contribution in [1.82, 2.24) is 25.0 Å². The Hall–Kier alpha value is -1.47. The summed E-state index contributed by atoms with van der Waals surface area (Å²) in [5.41, 5.74) is 0. The Balaban J connectivity index is 2.09. The van der Waals surface area contributed by atoms with Gasteiger partial charge in [-0.2, -0.15) is 0 Å². The fourth-order valence-electron chi connectivity index (χ4n) is 2.60. The summed E-state index contributed by atoms with van der Waals surface area (Å²) in [5.74, 6) is 0.734. The highest BCUT2D eigenvalue weighted by Gasteiger charge is 2.36. The van der Waals surface area contributed by atoms with Crippen LogP contribution in [-0.4, -0.2) is 75.3 Å². The number of nitrogens with zero attached hydrogens (tertiary/aromatic N) is 4. The van der Waals surface area contributed by atoms with Gasteiger partial charge in [0, 0.05) is 25.6 Å². The molecule has 0 radical (unpaired) electrons. The predicted octanol–water partition coefficient (Wildman–Crippen LogP) is -0.106. The first-order chi connectivity index (χ1) is 9.51. The number of H-pyrrole nitrogens is 1. The molecule has 7 nitrogen and oxygen atoms in total. The van der Waals surface area contributed by atoms with E-state index in [4.69, 9.17) is 0 Å². The second kappa shape index (κ2) is 6.32. The summed E-state index contributed by atoms with van der Waals surface area (Å²) in [7, 11) is 3.92. The number of aliphatic hydroxyl groups excluding tert-OH is 1. The van der Waals surface area contributed by atoms with E-state index < -0.39 is 6.10 Å². The fraction of sp³-hybridized carbons (Fsp3) is 0.769. The van der Waals surface area contributed by atoms with Crippen LogP contribution in [0.4, 0.5) is 0 Å². The zero-order chi connectivity index (χ0) is 14.7. The number of hydrogen-bond donors (Lipinski definition) is 2. The molecule has 7 heteroatoms. The molecule has 20 heavy (non-hydrogen) atoms. The molecule has 1 fully saturated rings. The van der Waals surface area contributed by atoms with Gasteiger partial charge in [-0.3, -0.25) is 9.89 Å². The number of likely N-dealkylation sites (N-methyl/N-ethyl adjacent to an activating group) is 1. The van der Waals surface area contributed by atoms with Crippen LogP contribution in [-0.2, 0) is 6.42 Å². The van der Waals surface area contributed by atoms with Crippen LogP contribution in [0.1, 0.15) is 36.2 Å². The highest BCUT2D eigenvalue weighted by Crippen LogP contribution is 2.20. The Kier molecular flexibility index (Phi) is 4.72. The minimum atomic E-state index is -0.460. The third kappa shape index (κ3) is 3.34. The quantitative estimate of drug-likeness (QED) is 0.787. The number of carbonyl (C=O) groups excluding carboxylic acids is 1. The van der Waals surface area contributed by atoms with Crippen LogP contribution >= 0.6 is 0 Å². The van der Waals surface area contributed by atoms with Crippen molar-refractivity contribution in [2.45, 2.75) is 38.3 Å². The van der Waals surface area contributed by atoms with Gasteiger partial charge < -0.3 is 14.9 Å². The van der Waals surface area contributed by atoms with Crippen molar-refractivity contribution in [2.75, 3.05) is 27.2 Å². The first-order valence-corrected chi connectivity index (χ1v) is 7.06. The summed E-state index contributed by atoms with van der Waals surface area (Å²) in [6, 6.07) is 0.0145. The number of hydrogen-bond acceptors (Lipinski definition) is 5. The number of aliphatic hydroxyl groups is 1. The van der Waals surface area contributed by atoms with Crippen LogP contribution in [0, 0.1) is 0 Å². The van der Waals surface area contributed by atoms with Gasteiger partial charge in [0.25, 0.3) is 5.91 Å². The second-order valence-electron chi connectivity index (χ2n) is 5.62. The summed E-state index contributed by atoms with van der Waals surface area (Å²) in [4.78, 5) is 20.4. The largest absolute Gasteiger partial charge is 0.391 e. The van der Waals surface area contributed by atoms with Crippen molar-refractivity contribution in [2.24, 2.45) is 0 Å². The van der Waals surface area contributed by atoms with E-state index in [1.165, 1.54) is 0 Å². The third-order valence-corrected chi connectivity index (χ3v) is 3.44. The van der Waals surface area contributed by atoms with E-state index in [1.54, 1.807) is 4.90 Å². The van der Waals surface area contributed by atoms with E-state index in [1.807, 2.05) is 25.9 Å². The molecule has 1 amide bonds. The number of aromatic amines is 1. The van der Waals surface area contributed by atoms with Gasteiger partial charge in [0.1, 0.15) is 5.82 Å². The molecule has 1 aliphatic rings. The van der Waals surface area contributed by atoms with Crippen molar-refractivity contribution in [3.8, 4) is 0 Å². The van der Waals surface area contributed by atoms with Gasteiger partial charge in [-0.1, -0.05) is 6.92 Å². The average molecular weight is 281 g/mol. The average Bonchev–Trinajstić information content (AvgIpc) is 2.95. The molecule has 2 atom stereocenters. The molecule has 1 saturated heterocycles. The normalized spacial score (nSPS) is 22.8. The SMILES string of the molecule is CCCc1nc(C(=O)N2CC(O)CC2CN(C)C)n[nH]1. The Morgan fingerprint density at radius 3 is 2.95 bits per heavy atom.